The Hall–Kier alpha value is -5.69. The Labute approximate surface area is 914 Å². The molecule has 0 atom stereocenters. The zero-order valence-electron chi connectivity index (χ0n) is 89.9. The second kappa shape index (κ2) is 46.6. The Morgan fingerprint density at radius 3 is 0.932 bits per heavy atom. The van der Waals surface area contributed by atoms with Gasteiger partial charge in [-0.3, -0.25) is 5.56 Å². The molecule has 0 amide bonds. The van der Waals surface area contributed by atoms with Gasteiger partial charge in [0.1, 0.15) is 0 Å². The van der Waals surface area contributed by atoms with Crippen molar-refractivity contribution in [1.29, 1.82) is 0 Å². The topological polar surface area (TPSA) is 35.5 Å². The van der Waals surface area contributed by atoms with Gasteiger partial charge in [0, 0.05) is 199 Å². The summed E-state index contributed by atoms with van der Waals surface area (Å²) in [4.78, 5) is 4.77. The Bertz CT molecular complexity index is 6220. The van der Waals surface area contributed by atoms with Crippen molar-refractivity contribution in [2.24, 2.45) is 7.05 Å². The fraction of sp³-hybridized carbons (Fsp3) is 0.383. The van der Waals surface area contributed by atoms with Crippen LogP contribution in [-0.4, -0.2) is 27.2 Å². The molecule has 0 aliphatic rings. The van der Waals surface area contributed by atoms with Crippen molar-refractivity contribution in [3.63, 3.8) is 0 Å². The number of aryl methyl sites for hydroxylation is 11. The van der Waals surface area contributed by atoms with E-state index in [9.17, 15) is 0 Å². The number of benzene rings is 6. The van der Waals surface area contributed by atoms with Gasteiger partial charge in [-0.1, -0.05) is 216 Å². The number of hydrogen-bond donors (Lipinski definition) is 0. The molecule has 0 saturated carbocycles. The molecule has 9 heterocycles. The third-order valence-corrected chi connectivity index (χ3v) is 33.3. The molecule has 6 nitrogen and oxygen atoms in total. The summed E-state index contributed by atoms with van der Waals surface area (Å²) < 4.78 is 11.6. The standard InChI is InChI=1S/C25H32N.C24H30N.2C24H29N.C23H29N2.5V.2Y/c1-13-14(2)18(6)23(19(7)15(13)3)11-22-12-26(10)25-21(9)17(5)16(4)20(8)24(22)25;2*1-13-14(2)18(6)23(19(7)15(13)3)12-22-10-11-25-21(9)17(5)16(4)20(8)24(22)25;1-13-14(2)18(6)23(19(7)15(13)3)12-22-10-11-24-20(8)16(4)17(5)21(9)25(22)24;1-12-13(2)17(6)21(18(7)14(12)3)10-23-24-11-22-19(8)15(4)16(5)20(9)25(22)23;;;;;;;/h11-12H,1-10H3;10-12H,1-9H3;2*11-12H,1-9H3;10-11H,1-9H3;;;;;;;/q2*-1;2*-2;-1;;;;;;;. The predicted molar refractivity (Wildman–Crippen MR) is 546 cm³/mol. The summed E-state index contributed by atoms with van der Waals surface area (Å²) >= 11 is 0. The van der Waals surface area contributed by atoms with Crippen molar-refractivity contribution in [3.05, 3.63) is 388 Å². The first-order valence-electron chi connectivity index (χ1n) is 45.9. The quantitative estimate of drug-likeness (QED) is 0.126. The van der Waals surface area contributed by atoms with Crippen LogP contribution in [0.4, 0.5) is 0 Å². The molecule has 13 heteroatoms. The predicted octanol–water partition coefficient (Wildman–Crippen LogP) is 30.8. The molecule has 0 aliphatic heterocycles. The summed E-state index contributed by atoms with van der Waals surface area (Å²) in [6.45, 7) is 100. The van der Waals surface area contributed by atoms with E-state index in [2.05, 4.69) is 416 Å². The van der Waals surface area contributed by atoms with Crippen molar-refractivity contribution in [3.8, 4) is 0 Å². The van der Waals surface area contributed by atoms with E-state index in [0.29, 0.717) is 0 Å². The van der Waals surface area contributed by atoms with Crippen LogP contribution in [0.2, 0.25) is 0 Å². The molecule has 133 heavy (non-hydrogen) atoms. The van der Waals surface area contributed by atoms with Gasteiger partial charge in [-0.05, 0) is 267 Å². The van der Waals surface area contributed by atoms with Crippen LogP contribution < -0.4 is 0 Å². The van der Waals surface area contributed by atoms with E-state index in [-0.39, 0.29) is 158 Å². The second-order valence-electron chi connectivity index (χ2n) is 38.3. The van der Waals surface area contributed by atoms with Crippen molar-refractivity contribution >= 4 is 33.0 Å². The second-order valence-corrected chi connectivity index (χ2v) is 38.3. The molecular weight excluding hydrogens is 1960 g/mol. The minimum absolute atomic E-state index is 0. The molecule has 0 aliphatic carbocycles. The normalized spacial score (nSPS) is 10.8. The molecule has 15 aromatic rings. The van der Waals surface area contributed by atoms with E-state index in [4.69, 9.17) is 4.98 Å². The maximum atomic E-state index is 4.77. The number of pyridine rings is 4. The van der Waals surface area contributed by atoms with E-state index >= 15 is 0 Å². The van der Waals surface area contributed by atoms with Gasteiger partial charge in [0.05, 0.1) is 17.5 Å². The fourth-order valence-corrected chi connectivity index (χ4v) is 20.3. The van der Waals surface area contributed by atoms with Gasteiger partial charge in [-0.15, -0.1) is 129 Å². The Morgan fingerprint density at radius 1 is 0.248 bits per heavy atom. The zero-order chi connectivity index (χ0) is 94.0. The van der Waals surface area contributed by atoms with Gasteiger partial charge in [0.15, 0.2) is 0 Å². The van der Waals surface area contributed by atoms with Gasteiger partial charge in [-0.2, -0.15) is 22.8 Å². The molecule has 15 rings (SSSR count). The van der Waals surface area contributed by atoms with Crippen LogP contribution in [0.3, 0.4) is 0 Å². The summed E-state index contributed by atoms with van der Waals surface area (Å²) in [6.07, 6.45) is 20.3. The van der Waals surface area contributed by atoms with Crippen LogP contribution >= 0.6 is 0 Å². The average molecular weight is 2110 g/mol. The van der Waals surface area contributed by atoms with E-state index in [0.717, 1.165) is 11.5 Å². The molecule has 0 bridgehead atoms. The third kappa shape index (κ3) is 21.4. The van der Waals surface area contributed by atoms with Crippen LogP contribution in [0, 0.1) is 356 Å². The smallest absolute Gasteiger partial charge is 0.0810 e. The number of fused-ring (bicyclic) bond motifs is 5. The van der Waals surface area contributed by atoms with Gasteiger partial charge < -0.3 is 22.2 Å². The SMILES string of the molecule is Cc1c(C)c(C)c([CH-]c2[c-]cc3c(C)c(C)c(C)c(C)n23)c(C)c1C.Cc1c(C)c(C)c([CH-]c2[c-]cn3c(C)c(C)c(C)c(C)c23)c(C)c1C.Cc1c(C)c(C)c([CH-]c2ccn3c(C)c(C)c(C)c(C)c23)c(C)c1C.Cc1c(C)c(C)c([CH-]c2cn(C)c3c(C)c(C)c(C)c(C)c23)c(C)c1C.Cc1c(C)c(C)c([CH-]c2ncc3c(C)c(C)c(C)c(C)n23)c(C)c1C.[V].[V].[V].[V].[V].[Y].[Y]. The molecule has 0 N–H and O–H groups in total. The van der Waals surface area contributed by atoms with Crippen LogP contribution in [0.5, 0.6) is 0 Å². The van der Waals surface area contributed by atoms with Crippen LogP contribution in [-0.2, 0) is 165 Å². The van der Waals surface area contributed by atoms with Crippen molar-refractivity contribution in [2.45, 2.75) is 312 Å². The first kappa shape index (κ1) is 120. The Morgan fingerprint density at radius 2 is 0.534 bits per heavy atom. The third-order valence-electron chi connectivity index (χ3n) is 33.3. The minimum atomic E-state index is 0. The number of aromatic nitrogens is 6. The largest absolute Gasteiger partial charge is 0.398 e. The molecule has 0 spiro atoms. The average Bonchev–Trinajstić information content (AvgIpc) is 1.62. The maximum Gasteiger partial charge on any atom is 0.0810 e. The Balaban J connectivity index is 0.000000343. The number of nitrogens with zero attached hydrogens (tertiary/aromatic N) is 6. The number of hydrogen-bond acceptors (Lipinski definition) is 1. The van der Waals surface area contributed by atoms with Crippen LogP contribution in [0.25, 0.3) is 33.0 Å². The summed E-state index contributed by atoms with van der Waals surface area (Å²) in [5.41, 5.74) is 80.5. The van der Waals surface area contributed by atoms with E-state index in [1.165, 1.54) is 328 Å². The molecule has 0 saturated heterocycles. The van der Waals surface area contributed by atoms with Crippen LogP contribution in [0.15, 0.2) is 36.9 Å². The van der Waals surface area contributed by atoms with Gasteiger partial charge in [0.25, 0.3) is 0 Å². The maximum absolute atomic E-state index is 4.77. The molecule has 0 unspecified atom stereocenters. The Kier molecular flexibility index (Phi) is 41.9. The summed E-state index contributed by atoms with van der Waals surface area (Å²) in [6, 6.07) is 11.4. The number of rotatable bonds is 10. The summed E-state index contributed by atoms with van der Waals surface area (Å²) in [5.74, 6) is 1.02. The molecule has 0 fully saturated rings. The fourth-order valence-electron chi connectivity index (χ4n) is 20.3. The van der Waals surface area contributed by atoms with E-state index < -0.39 is 0 Å². The molecular formula is C120H149N6V5Y2-7. The van der Waals surface area contributed by atoms with E-state index in [1.54, 1.807) is 0 Å². The van der Waals surface area contributed by atoms with E-state index in [1.807, 2.05) is 6.20 Å². The monoisotopic (exact) mass is 2110 g/mol. The van der Waals surface area contributed by atoms with Gasteiger partial charge >= 0.3 is 0 Å². The molecule has 697 valence electrons. The zero-order valence-corrected chi connectivity index (χ0v) is 103. The number of imidazole rings is 1. The summed E-state index contributed by atoms with van der Waals surface area (Å²) in [5, 5.41) is 1.41. The first-order valence-corrected chi connectivity index (χ1v) is 45.9. The first-order chi connectivity index (χ1) is 58.7. The molecule has 7 radical (unpaired) electrons. The van der Waals surface area contributed by atoms with Gasteiger partial charge in [-0.25, -0.2) is 46.1 Å². The van der Waals surface area contributed by atoms with Crippen molar-refractivity contribution in [1.82, 2.24) is 27.2 Å². The molecule has 6 aromatic carbocycles. The summed E-state index contributed by atoms with van der Waals surface area (Å²) in [7, 11) is 2.17. The van der Waals surface area contributed by atoms with Crippen LogP contribution in [0.1, 0.15) is 307 Å². The van der Waals surface area contributed by atoms with Gasteiger partial charge in [0.2, 0.25) is 0 Å². The van der Waals surface area contributed by atoms with Crippen molar-refractivity contribution < 1.29 is 158 Å². The van der Waals surface area contributed by atoms with Crippen molar-refractivity contribution in [2.75, 3.05) is 0 Å². The minimum Gasteiger partial charge on any atom is -0.398 e. The molecule has 9 aromatic heterocycles.